The number of carbonyl (C=O) groups excluding carboxylic acids is 1. The Hall–Kier alpha value is -2.62. The summed E-state index contributed by atoms with van der Waals surface area (Å²) in [6.07, 6.45) is 2.65. The molecular weight excluding hydrogens is 484 g/mol. The van der Waals surface area contributed by atoms with Crippen LogP contribution in [0, 0.1) is 5.82 Å². The molecule has 3 rings (SSSR count). The molecule has 8 heteroatoms. The number of fused-ring (bicyclic) bond motifs is 1. The molecule has 0 fully saturated rings. The lowest BCUT2D eigenvalue weighted by atomic mass is 10.1. The number of hydrogen-bond donors (Lipinski definition) is 4. The second-order valence-corrected chi connectivity index (χ2v) is 6.44. The van der Waals surface area contributed by atoms with E-state index in [0.717, 1.165) is 35.0 Å². The first-order valence-electron chi connectivity index (χ1n) is 9.23. The fourth-order valence-electron chi connectivity index (χ4n) is 2.96. The molecule has 1 aromatic heterocycles. The first-order valence-corrected chi connectivity index (χ1v) is 9.23. The van der Waals surface area contributed by atoms with Gasteiger partial charge in [0, 0.05) is 35.8 Å². The van der Waals surface area contributed by atoms with Gasteiger partial charge in [-0.25, -0.2) is 9.38 Å². The van der Waals surface area contributed by atoms with Gasteiger partial charge in [-0.1, -0.05) is 12.1 Å². The third-order valence-electron chi connectivity index (χ3n) is 4.42. The third-order valence-corrected chi connectivity index (χ3v) is 4.42. The number of aromatic amines is 1. The van der Waals surface area contributed by atoms with E-state index >= 15 is 0 Å². The molecule has 0 spiro atoms. The number of aliphatic imine (C=N–C) groups is 1. The van der Waals surface area contributed by atoms with Gasteiger partial charge in [-0.2, -0.15) is 0 Å². The highest BCUT2D eigenvalue weighted by atomic mass is 127. The van der Waals surface area contributed by atoms with Gasteiger partial charge in [0.05, 0.1) is 6.54 Å². The van der Waals surface area contributed by atoms with Gasteiger partial charge in [0.1, 0.15) is 5.82 Å². The van der Waals surface area contributed by atoms with Crippen LogP contribution in [0.4, 0.5) is 4.39 Å². The van der Waals surface area contributed by atoms with Gasteiger partial charge in [-0.3, -0.25) is 4.79 Å². The van der Waals surface area contributed by atoms with Crippen molar-refractivity contribution in [3.05, 3.63) is 71.2 Å². The SMILES string of the molecule is CCNC(=NCc1ccc(C(N)=O)cc1)NCCc1c[nH]c2ccc(F)cc12.I. The van der Waals surface area contributed by atoms with E-state index < -0.39 is 5.91 Å². The number of amides is 1. The van der Waals surface area contributed by atoms with Gasteiger partial charge >= 0.3 is 0 Å². The molecule has 0 saturated carbocycles. The Morgan fingerprint density at radius 3 is 2.62 bits per heavy atom. The number of primary amides is 1. The standard InChI is InChI=1S/C21H24FN5O.HI/c1-2-24-21(27-12-14-3-5-15(6-4-14)20(23)28)25-10-9-16-13-26-19-8-7-17(22)11-18(16)19;/h3-8,11,13,26H,2,9-10,12H2,1H3,(H2,23,28)(H2,24,25,27);1H. The van der Waals surface area contributed by atoms with Crippen LogP contribution in [0.5, 0.6) is 0 Å². The lowest BCUT2D eigenvalue weighted by molar-refractivity contribution is 0.100. The number of halogens is 2. The molecule has 0 aliphatic heterocycles. The zero-order valence-electron chi connectivity index (χ0n) is 16.2. The maximum Gasteiger partial charge on any atom is 0.248 e. The Kier molecular flexibility index (Phi) is 8.44. The smallest absolute Gasteiger partial charge is 0.248 e. The van der Waals surface area contributed by atoms with Crippen molar-refractivity contribution in [2.75, 3.05) is 13.1 Å². The maximum absolute atomic E-state index is 13.5. The van der Waals surface area contributed by atoms with E-state index in [1.807, 2.05) is 25.3 Å². The van der Waals surface area contributed by atoms with Crippen molar-refractivity contribution in [2.24, 2.45) is 10.7 Å². The quantitative estimate of drug-likeness (QED) is 0.224. The van der Waals surface area contributed by atoms with Crippen molar-refractivity contribution in [3.63, 3.8) is 0 Å². The Balaban J connectivity index is 0.00000300. The fourth-order valence-corrected chi connectivity index (χ4v) is 2.96. The number of nitrogens with one attached hydrogen (secondary N) is 3. The van der Waals surface area contributed by atoms with E-state index in [1.165, 1.54) is 6.07 Å². The highest BCUT2D eigenvalue weighted by molar-refractivity contribution is 14.0. The molecule has 0 aliphatic carbocycles. The molecule has 3 aromatic rings. The van der Waals surface area contributed by atoms with Gasteiger partial charge in [0.15, 0.2) is 5.96 Å². The summed E-state index contributed by atoms with van der Waals surface area (Å²) in [6, 6.07) is 11.8. The van der Waals surface area contributed by atoms with Gasteiger partial charge in [-0.05, 0) is 54.8 Å². The molecule has 0 atom stereocenters. The van der Waals surface area contributed by atoms with Crippen LogP contribution in [-0.2, 0) is 13.0 Å². The topological polar surface area (TPSA) is 95.3 Å². The predicted octanol–water partition coefficient (Wildman–Crippen LogP) is 3.32. The van der Waals surface area contributed by atoms with E-state index in [9.17, 15) is 9.18 Å². The van der Waals surface area contributed by atoms with Crippen LogP contribution in [0.1, 0.15) is 28.4 Å². The van der Waals surface area contributed by atoms with E-state index in [2.05, 4.69) is 20.6 Å². The summed E-state index contributed by atoms with van der Waals surface area (Å²) in [4.78, 5) is 18.9. The highest BCUT2D eigenvalue weighted by Crippen LogP contribution is 2.19. The largest absolute Gasteiger partial charge is 0.366 e. The summed E-state index contributed by atoms with van der Waals surface area (Å²) in [5, 5.41) is 7.40. The first kappa shape index (κ1) is 22.7. The summed E-state index contributed by atoms with van der Waals surface area (Å²) in [5.41, 5.74) is 8.70. The number of hydrogen-bond acceptors (Lipinski definition) is 2. The molecule has 0 radical (unpaired) electrons. The molecule has 0 aliphatic rings. The predicted molar refractivity (Wildman–Crippen MR) is 125 cm³/mol. The lowest BCUT2D eigenvalue weighted by Crippen LogP contribution is -2.38. The Labute approximate surface area is 186 Å². The molecule has 1 amide bonds. The zero-order chi connectivity index (χ0) is 19.9. The number of benzene rings is 2. The molecule has 6 nitrogen and oxygen atoms in total. The lowest BCUT2D eigenvalue weighted by Gasteiger charge is -2.11. The molecule has 0 unspecified atom stereocenters. The van der Waals surface area contributed by atoms with Crippen molar-refractivity contribution in [2.45, 2.75) is 19.9 Å². The summed E-state index contributed by atoms with van der Waals surface area (Å²) in [5.74, 6) is 0.0216. The molecule has 1 heterocycles. The zero-order valence-corrected chi connectivity index (χ0v) is 18.5. The van der Waals surface area contributed by atoms with E-state index in [1.54, 1.807) is 24.3 Å². The number of aromatic nitrogens is 1. The normalized spacial score (nSPS) is 11.2. The van der Waals surface area contributed by atoms with Crippen molar-refractivity contribution in [3.8, 4) is 0 Å². The summed E-state index contributed by atoms with van der Waals surface area (Å²) >= 11 is 0. The van der Waals surface area contributed by atoms with Crippen LogP contribution in [0.15, 0.2) is 53.7 Å². The molecule has 0 saturated heterocycles. The first-order chi connectivity index (χ1) is 13.6. The minimum atomic E-state index is -0.442. The van der Waals surface area contributed by atoms with E-state index in [4.69, 9.17) is 5.73 Å². The van der Waals surface area contributed by atoms with Gasteiger partial charge in [-0.15, -0.1) is 24.0 Å². The van der Waals surface area contributed by atoms with Crippen molar-refractivity contribution < 1.29 is 9.18 Å². The number of nitrogens with two attached hydrogens (primary N) is 1. The molecule has 2 aromatic carbocycles. The summed E-state index contributed by atoms with van der Waals surface area (Å²) in [7, 11) is 0. The average molecular weight is 509 g/mol. The number of nitrogens with zero attached hydrogens (tertiary/aromatic N) is 1. The Morgan fingerprint density at radius 1 is 1.17 bits per heavy atom. The average Bonchev–Trinajstić information content (AvgIpc) is 3.08. The van der Waals surface area contributed by atoms with Crippen LogP contribution < -0.4 is 16.4 Å². The van der Waals surface area contributed by atoms with Crippen molar-refractivity contribution in [1.29, 1.82) is 0 Å². The molecule has 0 bridgehead atoms. The van der Waals surface area contributed by atoms with Crippen LogP contribution in [0.3, 0.4) is 0 Å². The van der Waals surface area contributed by atoms with Crippen LogP contribution >= 0.6 is 24.0 Å². The van der Waals surface area contributed by atoms with Gasteiger partial charge in [0.2, 0.25) is 5.91 Å². The molecule has 5 N–H and O–H groups in total. The second-order valence-electron chi connectivity index (χ2n) is 6.44. The molecular formula is C21H25FIN5O. The number of carbonyl (C=O) groups is 1. The molecule has 29 heavy (non-hydrogen) atoms. The van der Waals surface area contributed by atoms with Crippen molar-refractivity contribution >= 4 is 46.7 Å². The van der Waals surface area contributed by atoms with Crippen LogP contribution in [0.2, 0.25) is 0 Å². The Morgan fingerprint density at radius 2 is 1.93 bits per heavy atom. The monoisotopic (exact) mass is 509 g/mol. The van der Waals surface area contributed by atoms with Crippen LogP contribution in [0.25, 0.3) is 10.9 Å². The highest BCUT2D eigenvalue weighted by Gasteiger charge is 2.06. The second kappa shape index (κ2) is 10.8. The number of rotatable bonds is 7. The van der Waals surface area contributed by atoms with Crippen molar-refractivity contribution in [1.82, 2.24) is 15.6 Å². The molecule has 154 valence electrons. The minimum Gasteiger partial charge on any atom is -0.366 e. The maximum atomic E-state index is 13.5. The van der Waals surface area contributed by atoms with Gasteiger partial charge < -0.3 is 21.4 Å². The summed E-state index contributed by atoms with van der Waals surface area (Å²) < 4.78 is 13.5. The van der Waals surface area contributed by atoms with Crippen LogP contribution in [-0.4, -0.2) is 29.9 Å². The van der Waals surface area contributed by atoms with E-state index in [0.29, 0.717) is 24.6 Å². The third kappa shape index (κ3) is 6.18. The fraction of sp³-hybridized carbons (Fsp3) is 0.238. The van der Waals surface area contributed by atoms with E-state index in [-0.39, 0.29) is 29.8 Å². The number of guanidine groups is 1. The summed E-state index contributed by atoms with van der Waals surface area (Å²) in [6.45, 7) is 3.88. The van der Waals surface area contributed by atoms with Gasteiger partial charge in [0.25, 0.3) is 0 Å². The Bertz CT molecular complexity index is 984. The number of H-pyrrole nitrogens is 1. The minimum absolute atomic E-state index is 0.